The van der Waals surface area contributed by atoms with Gasteiger partial charge in [0.25, 0.3) is 0 Å². The van der Waals surface area contributed by atoms with Crippen LogP contribution in [0.15, 0.2) is 36.7 Å². The highest BCUT2D eigenvalue weighted by molar-refractivity contribution is 5.94. The number of hydrogen-bond donors (Lipinski definition) is 1. The van der Waals surface area contributed by atoms with E-state index in [0.29, 0.717) is 17.9 Å². The van der Waals surface area contributed by atoms with Gasteiger partial charge in [-0.1, -0.05) is 19.1 Å². The number of imidazole rings is 1. The van der Waals surface area contributed by atoms with E-state index in [4.69, 9.17) is 4.74 Å². The topological polar surface area (TPSA) is 64.3 Å². The molecule has 0 amide bonds. The second-order valence-electron chi connectivity index (χ2n) is 5.29. The molecule has 1 atom stereocenters. The zero-order valence-corrected chi connectivity index (χ0v) is 13.0. The highest BCUT2D eigenvalue weighted by Gasteiger charge is 2.10. The number of carbonyl (C=O) groups excluding carboxylic acids is 1. The zero-order chi connectivity index (χ0) is 15.9. The third-order valence-corrected chi connectivity index (χ3v) is 3.37. The van der Waals surface area contributed by atoms with E-state index in [1.165, 1.54) is 6.92 Å². The van der Waals surface area contributed by atoms with Crippen LogP contribution in [-0.4, -0.2) is 33.2 Å². The largest absolute Gasteiger partial charge is 0.491 e. The molecular weight excluding hydrogens is 280 g/mol. The minimum Gasteiger partial charge on any atom is -0.491 e. The average molecular weight is 302 g/mol. The minimum absolute atomic E-state index is 0.00591. The smallest absolute Gasteiger partial charge is 0.159 e. The number of nitrogens with zero attached hydrogens (tertiary/aromatic N) is 2. The van der Waals surface area contributed by atoms with Gasteiger partial charge in [-0.25, -0.2) is 4.98 Å². The van der Waals surface area contributed by atoms with E-state index < -0.39 is 6.10 Å². The Kier molecular flexibility index (Phi) is 5.72. The summed E-state index contributed by atoms with van der Waals surface area (Å²) in [5, 5.41) is 10.1. The molecule has 1 unspecified atom stereocenters. The molecule has 1 heterocycles. The van der Waals surface area contributed by atoms with Crippen molar-refractivity contribution < 1.29 is 14.6 Å². The van der Waals surface area contributed by atoms with Crippen LogP contribution in [0, 0.1) is 0 Å². The molecule has 0 radical (unpaired) electrons. The van der Waals surface area contributed by atoms with Crippen LogP contribution in [0.1, 0.15) is 36.5 Å². The van der Waals surface area contributed by atoms with E-state index in [0.717, 1.165) is 18.7 Å². The first kappa shape index (κ1) is 16.2. The van der Waals surface area contributed by atoms with Crippen LogP contribution < -0.4 is 4.74 Å². The number of aryl methyl sites for hydroxylation is 1. The fourth-order valence-corrected chi connectivity index (χ4v) is 2.24. The fraction of sp³-hybridized carbons (Fsp3) is 0.412. The molecule has 0 spiro atoms. The van der Waals surface area contributed by atoms with Gasteiger partial charge in [0.15, 0.2) is 5.78 Å². The molecule has 1 aromatic carbocycles. The fourth-order valence-electron chi connectivity index (χ4n) is 2.24. The Labute approximate surface area is 130 Å². The third kappa shape index (κ3) is 4.43. The molecular formula is C17H22N2O3. The van der Waals surface area contributed by atoms with Gasteiger partial charge in [0.05, 0.1) is 6.54 Å². The lowest BCUT2D eigenvalue weighted by atomic mass is 10.1. The maximum Gasteiger partial charge on any atom is 0.159 e. The normalized spacial score (nSPS) is 12.1. The van der Waals surface area contributed by atoms with Crippen LogP contribution in [-0.2, 0) is 13.0 Å². The first-order chi connectivity index (χ1) is 10.6. The van der Waals surface area contributed by atoms with Crippen LogP contribution in [0.25, 0.3) is 0 Å². The predicted molar refractivity (Wildman–Crippen MR) is 84.2 cm³/mol. The van der Waals surface area contributed by atoms with Crippen molar-refractivity contribution in [2.75, 3.05) is 6.61 Å². The van der Waals surface area contributed by atoms with E-state index in [9.17, 15) is 9.90 Å². The standard InChI is InChI=1S/C17H22N2O3/c1-3-5-17-18-8-9-19(17)11-15(21)12-22-16-7-4-6-14(10-16)13(2)20/h4,6-10,15,21H,3,5,11-12H2,1-2H3. The van der Waals surface area contributed by atoms with E-state index >= 15 is 0 Å². The Morgan fingerprint density at radius 1 is 1.45 bits per heavy atom. The van der Waals surface area contributed by atoms with E-state index in [1.807, 2.05) is 10.8 Å². The number of carbonyl (C=O) groups is 1. The van der Waals surface area contributed by atoms with Gasteiger partial charge in [0.1, 0.15) is 24.3 Å². The maximum absolute atomic E-state index is 11.3. The predicted octanol–water partition coefficient (Wildman–Crippen LogP) is 2.48. The summed E-state index contributed by atoms with van der Waals surface area (Å²) < 4.78 is 7.52. The van der Waals surface area contributed by atoms with Gasteiger partial charge in [0, 0.05) is 24.4 Å². The van der Waals surface area contributed by atoms with Crippen molar-refractivity contribution in [3.63, 3.8) is 0 Å². The monoisotopic (exact) mass is 302 g/mol. The molecule has 1 N–H and O–H groups in total. The Bertz CT molecular complexity index is 622. The minimum atomic E-state index is -0.634. The lowest BCUT2D eigenvalue weighted by molar-refractivity contribution is 0.0915. The van der Waals surface area contributed by atoms with Gasteiger partial charge >= 0.3 is 0 Å². The number of ether oxygens (including phenoxy) is 1. The molecule has 22 heavy (non-hydrogen) atoms. The Hall–Kier alpha value is -2.14. The molecule has 5 nitrogen and oxygen atoms in total. The Morgan fingerprint density at radius 3 is 3.00 bits per heavy atom. The summed E-state index contributed by atoms with van der Waals surface area (Å²) in [6.07, 6.45) is 4.88. The van der Waals surface area contributed by atoms with Crippen LogP contribution >= 0.6 is 0 Å². The van der Waals surface area contributed by atoms with E-state index in [-0.39, 0.29) is 12.4 Å². The number of ketones is 1. The van der Waals surface area contributed by atoms with Gasteiger partial charge in [0.2, 0.25) is 0 Å². The number of rotatable bonds is 8. The molecule has 0 fully saturated rings. The average Bonchev–Trinajstić information content (AvgIpc) is 2.93. The molecule has 2 aromatic rings. The van der Waals surface area contributed by atoms with Crippen molar-refractivity contribution in [2.24, 2.45) is 0 Å². The first-order valence-corrected chi connectivity index (χ1v) is 7.52. The summed E-state index contributed by atoms with van der Waals surface area (Å²) in [4.78, 5) is 15.6. The molecule has 118 valence electrons. The molecule has 5 heteroatoms. The van der Waals surface area contributed by atoms with E-state index in [2.05, 4.69) is 11.9 Å². The highest BCUT2D eigenvalue weighted by atomic mass is 16.5. The third-order valence-electron chi connectivity index (χ3n) is 3.37. The molecule has 0 bridgehead atoms. The summed E-state index contributed by atoms with van der Waals surface area (Å²) in [6.45, 7) is 4.23. The number of hydrogen-bond acceptors (Lipinski definition) is 4. The summed E-state index contributed by atoms with van der Waals surface area (Å²) in [5.74, 6) is 1.56. The number of aliphatic hydroxyl groups is 1. The van der Waals surface area contributed by atoms with Crippen molar-refractivity contribution in [3.05, 3.63) is 48.0 Å². The number of benzene rings is 1. The van der Waals surface area contributed by atoms with Gasteiger partial charge in [-0.05, 0) is 25.5 Å². The van der Waals surface area contributed by atoms with Crippen LogP contribution in [0.4, 0.5) is 0 Å². The van der Waals surface area contributed by atoms with Crippen molar-refractivity contribution in [1.82, 2.24) is 9.55 Å². The summed E-state index contributed by atoms with van der Waals surface area (Å²) in [6, 6.07) is 6.98. The van der Waals surface area contributed by atoms with Crippen molar-refractivity contribution >= 4 is 5.78 Å². The number of aromatic nitrogens is 2. The summed E-state index contributed by atoms with van der Waals surface area (Å²) >= 11 is 0. The second-order valence-corrected chi connectivity index (χ2v) is 5.29. The van der Waals surface area contributed by atoms with E-state index in [1.54, 1.807) is 30.5 Å². The molecule has 1 aromatic heterocycles. The molecule has 0 saturated carbocycles. The van der Waals surface area contributed by atoms with Crippen LogP contribution in [0.2, 0.25) is 0 Å². The van der Waals surface area contributed by atoms with Gasteiger partial charge in [-0.3, -0.25) is 4.79 Å². The lowest BCUT2D eigenvalue weighted by Gasteiger charge is -2.15. The quantitative estimate of drug-likeness (QED) is 0.761. The zero-order valence-electron chi connectivity index (χ0n) is 13.0. The Morgan fingerprint density at radius 2 is 2.27 bits per heavy atom. The Balaban J connectivity index is 1.90. The molecule has 0 aliphatic rings. The van der Waals surface area contributed by atoms with Gasteiger partial charge in [-0.15, -0.1) is 0 Å². The number of aliphatic hydroxyl groups excluding tert-OH is 1. The number of Topliss-reactive ketones (excluding diaryl/α,β-unsaturated/α-hetero) is 1. The van der Waals surface area contributed by atoms with Crippen molar-refractivity contribution in [2.45, 2.75) is 39.3 Å². The van der Waals surface area contributed by atoms with Crippen molar-refractivity contribution in [1.29, 1.82) is 0 Å². The summed E-state index contributed by atoms with van der Waals surface area (Å²) in [5.41, 5.74) is 0.604. The second kappa shape index (κ2) is 7.75. The molecule has 0 aliphatic carbocycles. The van der Waals surface area contributed by atoms with Gasteiger partial charge in [-0.2, -0.15) is 0 Å². The van der Waals surface area contributed by atoms with Crippen LogP contribution in [0.3, 0.4) is 0 Å². The highest BCUT2D eigenvalue weighted by Crippen LogP contribution is 2.14. The molecule has 2 rings (SSSR count). The lowest BCUT2D eigenvalue weighted by Crippen LogP contribution is -2.24. The summed E-state index contributed by atoms with van der Waals surface area (Å²) in [7, 11) is 0. The SMILES string of the molecule is CCCc1nccn1CC(O)COc1cccc(C(C)=O)c1. The first-order valence-electron chi connectivity index (χ1n) is 7.52. The van der Waals surface area contributed by atoms with Crippen molar-refractivity contribution in [3.8, 4) is 5.75 Å². The van der Waals surface area contributed by atoms with Gasteiger partial charge < -0.3 is 14.4 Å². The molecule has 0 saturated heterocycles. The van der Waals surface area contributed by atoms with Crippen LogP contribution in [0.5, 0.6) is 5.75 Å². The maximum atomic E-state index is 11.3. The molecule has 0 aliphatic heterocycles.